The summed E-state index contributed by atoms with van der Waals surface area (Å²) in [7, 11) is 0. The fourth-order valence-electron chi connectivity index (χ4n) is 2.81. The summed E-state index contributed by atoms with van der Waals surface area (Å²) in [6.45, 7) is 5.59. The zero-order valence-electron chi connectivity index (χ0n) is 16.8. The lowest BCUT2D eigenvalue weighted by atomic mass is 10.1. The van der Waals surface area contributed by atoms with Crippen LogP contribution in [0.25, 0.3) is 17.4 Å². The van der Waals surface area contributed by atoms with Crippen LogP contribution in [0.2, 0.25) is 0 Å². The van der Waals surface area contributed by atoms with Crippen molar-refractivity contribution in [2.75, 3.05) is 11.9 Å². The first-order valence-corrected chi connectivity index (χ1v) is 10.1. The molecule has 0 aliphatic heterocycles. The van der Waals surface area contributed by atoms with Gasteiger partial charge in [-0.25, -0.2) is 4.79 Å². The molecule has 0 saturated carbocycles. The maximum absolute atomic E-state index is 12.7. The van der Waals surface area contributed by atoms with E-state index in [1.54, 1.807) is 26.0 Å². The number of nitrogens with zero attached hydrogens (tertiary/aromatic N) is 1. The number of rotatable bonds is 6. The first-order valence-electron chi connectivity index (χ1n) is 9.30. The molecule has 0 aliphatic carbocycles. The van der Waals surface area contributed by atoms with Crippen molar-refractivity contribution in [2.45, 2.75) is 20.8 Å². The van der Waals surface area contributed by atoms with Gasteiger partial charge in [-0.3, -0.25) is 4.79 Å². The third-order valence-electron chi connectivity index (χ3n) is 4.43. The van der Waals surface area contributed by atoms with Gasteiger partial charge in [0.2, 0.25) is 0 Å². The molecular weight excluding hydrogens is 400 g/mol. The molecule has 3 aromatic rings. The van der Waals surface area contributed by atoms with Crippen molar-refractivity contribution in [1.82, 2.24) is 0 Å². The Morgan fingerprint density at radius 3 is 2.60 bits per heavy atom. The van der Waals surface area contributed by atoms with Gasteiger partial charge in [0.15, 0.2) is 0 Å². The van der Waals surface area contributed by atoms with Crippen LogP contribution in [0.5, 0.6) is 0 Å². The van der Waals surface area contributed by atoms with Gasteiger partial charge in [0.1, 0.15) is 28.2 Å². The molecule has 7 heteroatoms. The number of carbonyl (C=O) groups excluding carboxylic acids is 2. The van der Waals surface area contributed by atoms with E-state index in [0.717, 1.165) is 16.0 Å². The number of carbonyl (C=O) groups is 2. The van der Waals surface area contributed by atoms with Gasteiger partial charge in [-0.1, -0.05) is 30.3 Å². The lowest BCUT2D eigenvalue weighted by Gasteiger charge is -2.06. The Hall–Kier alpha value is -3.63. The smallest absolute Gasteiger partial charge is 0.341 e. The number of anilines is 1. The van der Waals surface area contributed by atoms with Crippen molar-refractivity contribution < 1.29 is 18.7 Å². The molecule has 0 atom stereocenters. The fourth-order valence-corrected chi connectivity index (χ4v) is 3.86. The fraction of sp³-hybridized carbons (Fsp3) is 0.174. The average molecular weight is 420 g/mol. The van der Waals surface area contributed by atoms with Crippen molar-refractivity contribution in [1.29, 1.82) is 5.26 Å². The van der Waals surface area contributed by atoms with E-state index < -0.39 is 11.9 Å². The van der Waals surface area contributed by atoms with Crippen LogP contribution in [0, 0.1) is 25.2 Å². The number of benzene rings is 1. The lowest BCUT2D eigenvalue weighted by Crippen LogP contribution is -2.16. The van der Waals surface area contributed by atoms with Crippen LogP contribution in [0.1, 0.15) is 33.5 Å². The van der Waals surface area contributed by atoms with Crippen molar-refractivity contribution >= 4 is 34.3 Å². The first-order chi connectivity index (χ1) is 14.4. The highest BCUT2D eigenvalue weighted by Gasteiger charge is 2.23. The summed E-state index contributed by atoms with van der Waals surface area (Å²) in [5, 5.41) is 12.5. The topological polar surface area (TPSA) is 92.3 Å². The summed E-state index contributed by atoms with van der Waals surface area (Å²) in [4.78, 5) is 25.9. The number of nitrogens with one attached hydrogen (secondary N) is 1. The molecule has 152 valence electrons. The molecule has 0 saturated heterocycles. The van der Waals surface area contributed by atoms with Crippen LogP contribution in [-0.4, -0.2) is 18.5 Å². The molecule has 2 aromatic heterocycles. The van der Waals surface area contributed by atoms with E-state index in [1.165, 1.54) is 17.4 Å². The van der Waals surface area contributed by atoms with Gasteiger partial charge in [0.25, 0.3) is 5.91 Å². The number of amides is 1. The summed E-state index contributed by atoms with van der Waals surface area (Å²) in [6.07, 6.45) is 1.37. The van der Waals surface area contributed by atoms with Gasteiger partial charge >= 0.3 is 5.97 Å². The maximum atomic E-state index is 12.7. The third-order valence-corrected chi connectivity index (χ3v) is 5.55. The summed E-state index contributed by atoms with van der Waals surface area (Å²) < 4.78 is 10.8. The van der Waals surface area contributed by atoms with E-state index in [2.05, 4.69) is 5.32 Å². The van der Waals surface area contributed by atoms with Crippen LogP contribution in [0.3, 0.4) is 0 Å². The van der Waals surface area contributed by atoms with Crippen LogP contribution < -0.4 is 5.32 Å². The minimum absolute atomic E-state index is 0.137. The number of thiophene rings is 1. The Balaban J connectivity index is 1.85. The van der Waals surface area contributed by atoms with E-state index in [9.17, 15) is 14.9 Å². The molecule has 3 rings (SSSR count). The van der Waals surface area contributed by atoms with Gasteiger partial charge in [0.05, 0.1) is 12.2 Å². The summed E-state index contributed by atoms with van der Waals surface area (Å²) >= 11 is 1.27. The minimum atomic E-state index is -0.623. The third kappa shape index (κ3) is 4.50. The van der Waals surface area contributed by atoms with E-state index in [0.29, 0.717) is 22.1 Å². The molecule has 30 heavy (non-hydrogen) atoms. The second-order valence-corrected chi connectivity index (χ2v) is 7.62. The zero-order chi connectivity index (χ0) is 21.7. The highest BCUT2D eigenvalue weighted by atomic mass is 32.1. The number of aryl methyl sites for hydroxylation is 1. The number of nitriles is 1. The van der Waals surface area contributed by atoms with Gasteiger partial charge in [-0.15, -0.1) is 11.3 Å². The van der Waals surface area contributed by atoms with Gasteiger partial charge in [-0.05, 0) is 38.5 Å². The Labute approximate surface area is 178 Å². The second-order valence-electron chi connectivity index (χ2n) is 6.40. The first kappa shape index (κ1) is 21.1. The van der Waals surface area contributed by atoms with E-state index in [1.807, 2.05) is 43.3 Å². The Bertz CT molecular complexity index is 1150. The standard InChI is InChI=1S/C23H20N2O4S/c1-4-28-23(27)20-14(2)15(3)30-22(20)25-21(26)17(13-24)12-18-10-11-19(29-18)16-8-6-5-7-9-16/h5-12H,4H2,1-3H3,(H,25,26)/b17-12+. The molecule has 0 fully saturated rings. The number of furan rings is 1. The quantitative estimate of drug-likeness (QED) is 0.330. The molecule has 0 spiro atoms. The molecule has 1 amide bonds. The SMILES string of the molecule is CCOC(=O)c1c(NC(=O)/C(C#N)=C/c2ccc(-c3ccccc3)o2)sc(C)c1C. The monoisotopic (exact) mass is 420 g/mol. The van der Waals surface area contributed by atoms with Crippen molar-refractivity contribution in [3.8, 4) is 17.4 Å². The summed E-state index contributed by atoms with van der Waals surface area (Å²) in [5.74, 6) is -0.115. The minimum Gasteiger partial charge on any atom is -0.462 e. The zero-order valence-corrected chi connectivity index (χ0v) is 17.6. The molecule has 6 nitrogen and oxygen atoms in total. The normalized spacial score (nSPS) is 11.1. The predicted octanol–water partition coefficient (Wildman–Crippen LogP) is 5.35. The van der Waals surface area contributed by atoms with Gasteiger partial charge in [-0.2, -0.15) is 5.26 Å². The highest BCUT2D eigenvalue weighted by molar-refractivity contribution is 7.16. The number of esters is 1. The second kappa shape index (κ2) is 9.25. The summed E-state index contributed by atoms with van der Waals surface area (Å²) in [6, 6.07) is 14.9. The predicted molar refractivity (Wildman–Crippen MR) is 116 cm³/mol. The van der Waals surface area contributed by atoms with Crippen molar-refractivity contribution in [2.24, 2.45) is 0 Å². The maximum Gasteiger partial charge on any atom is 0.341 e. The average Bonchev–Trinajstić information content (AvgIpc) is 3.31. The van der Waals surface area contributed by atoms with E-state index in [4.69, 9.17) is 9.15 Å². The molecule has 2 heterocycles. The number of ether oxygens (including phenoxy) is 1. The van der Waals surface area contributed by atoms with Crippen LogP contribution in [-0.2, 0) is 9.53 Å². The molecule has 0 unspecified atom stereocenters. The molecule has 0 aliphatic rings. The molecule has 1 N–H and O–H groups in total. The lowest BCUT2D eigenvalue weighted by molar-refractivity contribution is -0.112. The Kier molecular flexibility index (Phi) is 6.50. The molecular formula is C23H20N2O4S. The van der Waals surface area contributed by atoms with Gasteiger partial charge < -0.3 is 14.5 Å². The van der Waals surface area contributed by atoms with Crippen molar-refractivity contribution in [3.05, 3.63) is 69.8 Å². The van der Waals surface area contributed by atoms with Crippen molar-refractivity contribution in [3.63, 3.8) is 0 Å². The molecule has 1 aromatic carbocycles. The Morgan fingerprint density at radius 2 is 1.93 bits per heavy atom. The van der Waals surface area contributed by atoms with E-state index in [-0.39, 0.29) is 12.2 Å². The van der Waals surface area contributed by atoms with E-state index >= 15 is 0 Å². The molecule has 0 radical (unpaired) electrons. The number of hydrogen-bond donors (Lipinski definition) is 1. The van der Waals surface area contributed by atoms with Crippen LogP contribution in [0.15, 0.2) is 52.5 Å². The van der Waals surface area contributed by atoms with Crippen LogP contribution in [0.4, 0.5) is 5.00 Å². The van der Waals surface area contributed by atoms with Gasteiger partial charge in [0, 0.05) is 16.5 Å². The summed E-state index contributed by atoms with van der Waals surface area (Å²) in [5.41, 5.74) is 1.82. The molecule has 0 bridgehead atoms. The largest absolute Gasteiger partial charge is 0.462 e. The highest BCUT2D eigenvalue weighted by Crippen LogP contribution is 2.33. The van der Waals surface area contributed by atoms with Crippen LogP contribution >= 0.6 is 11.3 Å². The number of hydrogen-bond acceptors (Lipinski definition) is 6. The Morgan fingerprint density at radius 1 is 1.20 bits per heavy atom.